The molecular formula is C29H35N3O3. The van der Waals surface area contributed by atoms with E-state index >= 15 is 0 Å². The van der Waals surface area contributed by atoms with Crippen LogP contribution in [0.25, 0.3) is 0 Å². The number of carbonyl (C=O) groups excluding carboxylic acids is 1. The number of aromatic nitrogens is 1. The molecule has 1 aromatic heterocycles. The molecule has 1 amide bonds. The predicted octanol–water partition coefficient (Wildman–Crippen LogP) is 4.45. The van der Waals surface area contributed by atoms with Crippen LogP contribution in [0, 0.1) is 0 Å². The Morgan fingerprint density at radius 3 is 2.83 bits per heavy atom. The van der Waals surface area contributed by atoms with Gasteiger partial charge in [0.05, 0.1) is 31.9 Å². The number of nitrogens with zero attached hydrogens (tertiary/aromatic N) is 3. The van der Waals surface area contributed by atoms with Gasteiger partial charge in [-0.15, -0.1) is 0 Å². The summed E-state index contributed by atoms with van der Waals surface area (Å²) >= 11 is 0. The molecule has 2 aromatic rings. The fourth-order valence-electron chi connectivity index (χ4n) is 6.84. The first-order chi connectivity index (χ1) is 17.2. The molecule has 2 bridgehead atoms. The van der Waals surface area contributed by atoms with Crippen molar-refractivity contribution in [2.45, 2.75) is 76.1 Å². The van der Waals surface area contributed by atoms with Crippen molar-refractivity contribution in [3.05, 3.63) is 70.7 Å². The van der Waals surface area contributed by atoms with Gasteiger partial charge in [0.15, 0.2) is 0 Å². The summed E-state index contributed by atoms with van der Waals surface area (Å²) in [5.74, 6) is 1.14. The van der Waals surface area contributed by atoms with Crippen LogP contribution in [0.4, 0.5) is 0 Å². The summed E-state index contributed by atoms with van der Waals surface area (Å²) < 4.78 is 12.2. The van der Waals surface area contributed by atoms with Gasteiger partial charge in [-0.05, 0) is 55.5 Å². The number of hydrogen-bond acceptors (Lipinski definition) is 5. The summed E-state index contributed by atoms with van der Waals surface area (Å²) in [6, 6.07) is 12.4. The van der Waals surface area contributed by atoms with Crippen molar-refractivity contribution in [2.24, 2.45) is 0 Å². The van der Waals surface area contributed by atoms with Gasteiger partial charge in [0.2, 0.25) is 5.91 Å². The van der Waals surface area contributed by atoms with Crippen LogP contribution >= 0.6 is 0 Å². The summed E-state index contributed by atoms with van der Waals surface area (Å²) in [6.07, 6.45) is 9.08. The molecule has 1 fully saturated rings. The van der Waals surface area contributed by atoms with Crippen LogP contribution in [0.2, 0.25) is 0 Å². The van der Waals surface area contributed by atoms with Gasteiger partial charge in [-0.25, -0.2) is 0 Å². The van der Waals surface area contributed by atoms with Crippen molar-refractivity contribution < 1.29 is 14.3 Å². The number of piperazine rings is 1. The average molecular weight is 474 g/mol. The molecule has 1 aromatic carbocycles. The summed E-state index contributed by atoms with van der Waals surface area (Å²) in [5.41, 5.74) is 6.06. The minimum atomic E-state index is -0.278. The molecule has 1 saturated heterocycles. The maximum Gasteiger partial charge on any atom is 0.248 e. The van der Waals surface area contributed by atoms with Crippen LogP contribution in [0.5, 0.6) is 5.75 Å². The van der Waals surface area contributed by atoms with Gasteiger partial charge in [0.25, 0.3) is 0 Å². The second kappa shape index (κ2) is 9.30. The lowest BCUT2D eigenvalue weighted by atomic mass is 9.80. The third-order valence-electron chi connectivity index (χ3n) is 8.52. The fourth-order valence-corrected chi connectivity index (χ4v) is 6.84. The number of carbonyl (C=O) groups is 1. The van der Waals surface area contributed by atoms with Crippen molar-refractivity contribution in [1.82, 2.24) is 14.8 Å². The molecule has 4 aliphatic heterocycles. The van der Waals surface area contributed by atoms with Crippen LogP contribution in [0.15, 0.2) is 53.9 Å². The number of ether oxygens (including phenoxy) is 2. The third-order valence-corrected chi connectivity index (χ3v) is 8.52. The maximum atomic E-state index is 14.1. The first-order valence-electron chi connectivity index (χ1n) is 13.1. The van der Waals surface area contributed by atoms with Crippen molar-refractivity contribution in [3.8, 4) is 5.75 Å². The molecule has 184 valence electrons. The zero-order valence-electron chi connectivity index (χ0n) is 20.8. The van der Waals surface area contributed by atoms with E-state index in [9.17, 15) is 4.79 Å². The Bertz CT molecular complexity index is 1130. The van der Waals surface area contributed by atoms with Gasteiger partial charge < -0.3 is 19.3 Å². The van der Waals surface area contributed by atoms with Gasteiger partial charge >= 0.3 is 0 Å². The Morgan fingerprint density at radius 1 is 1.11 bits per heavy atom. The van der Waals surface area contributed by atoms with E-state index in [-0.39, 0.29) is 30.1 Å². The highest BCUT2D eigenvalue weighted by molar-refractivity contribution is 5.84. The van der Waals surface area contributed by atoms with E-state index in [1.807, 2.05) is 18.3 Å². The van der Waals surface area contributed by atoms with E-state index in [0.29, 0.717) is 6.61 Å². The molecule has 6 nitrogen and oxygen atoms in total. The largest absolute Gasteiger partial charge is 0.496 e. The molecule has 0 spiro atoms. The number of rotatable bonds is 3. The smallest absolute Gasteiger partial charge is 0.248 e. The van der Waals surface area contributed by atoms with Gasteiger partial charge in [-0.3, -0.25) is 9.78 Å². The molecule has 6 rings (SSSR count). The molecule has 6 heteroatoms. The number of allylic oxidation sites excluding steroid dienone is 1. The monoisotopic (exact) mass is 473 g/mol. The van der Waals surface area contributed by atoms with Gasteiger partial charge in [0.1, 0.15) is 11.8 Å². The summed E-state index contributed by atoms with van der Waals surface area (Å²) in [7, 11) is 1.75. The Balaban J connectivity index is 1.51. The summed E-state index contributed by atoms with van der Waals surface area (Å²) in [6.45, 7) is 3.41. The summed E-state index contributed by atoms with van der Waals surface area (Å²) in [5, 5.41) is 0. The normalized spacial score (nSPS) is 28.3. The van der Waals surface area contributed by atoms with Gasteiger partial charge in [-0.1, -0.05) is 37.5 Å². The number of methoxy groups -OCH3 is 1. The van der Waals surface area contributed by atoms with Gasteiger partial charge in [0, 0.05) is 36.1 Å². The number of amides is 1. The third kappa shape index (κ3) is 3.83. The molecule has 0 saturated carbocycles. The Kier molecular flexibility index (Phi) is 6.01. The van der Waals surface area contributed by atoms with E-state index in [4.69, 9.17) is 9.47 Å². The Hall–Kier alpha value is -2.86. The topological polar surface area (TPSA) is 54.9 Å². The molecule has 0 radical (unpaired) electrons. The fraction of sp³-hybridized carbons (Fsp3) is 0.517. The van der Waals surface area contributed by atoms with Crippen molar-refractivity contribution in [3.63, 3.8) is 0 Å². The molecule has 35 heavy (non-hydrogen) atoms. The highest BCUT2D eigenvalue weighted by Gasteiger charge is 2.51. The molecule has 0 aliphatic carbocycles. The van der Waals surface area contributed by atoms with Crippen molar-refractivity contribution in [2.75, 3.05) is 20.3 Å². The SMILES string of the molecule is COc1cccc2c1CCN1C(=O)C3COC4CCCCCC(C21)N3C(Cc1ccccn1)=C4C. The molecule has 5 heterocycles. The number of hydrogen-bond donors (Lipinski definition) is 0. The summed E-state index contributed by atoms with van der Waals surface area (Å²) in [4.78, 5) is 23.4. The van der Waals surface area contributed by atoms with Crippen LogP contribution in [0.1, 0.15) is 61.9 Å². The van der Waals surface area contributed by atoms with Crippen LogP contribution in [0.3, 0.4) is 0 Å². The van der Waals surface area contributed by atoms with Gasteiger partial charge in [-0.2, -0.15) is 0 Å². The Labute approximate surface area is 207 Å². The first kappa shape index (κ1) is 22.6. The molecule has 4 atom stereocenters. The minimum Gasteiger partial charge on any atom is -0.496 e. The second-order valence-corrected chi connectivity index (χ2v) is 10.3. The minimum absolute atomic E-state index is 0.0279. The zero-order chi connectivity index (χ0) is 23.9. The predicted molar refractivity (Wildman–Crippen MR) is 134 cm³/mol. The molecule has 4 unspecified atom stereocenters. The Morgan fingerprint density at radius 2 is 2.00 bits per heavy atom. The second-order valence-electron chi connectivity index (χ2n) is 10.3. The highest BCUT2D eigenvalue weighted by atomic mass is 16.5. The standard InChI is InChI=1S/C29H35N3O3/c1-19-24(17-20-9-6-7-15-30-20)32-23-11-4-3-5-12-26(19)35-18-25(32)29(33)31-16-14-21-22(28(23)31)10-8-13-27(21)34-2/h6-10,13,15,23,25-26,28H,3-5,11-12,14,16-18H2,1-2H3. The zero-order valence-corrected chi connectivity index (χ0v) is 20.8. The first-order valence-corrected chi connectivity index (χ1v) is 13.1. The quantitative estimate of drug-likeness (QED) is 0.659. The van der Waals surface area contributed by atoms with Crippen molar-refractivity contribution in [1.29, 1.82) is 0 Å². The highest BCUT2D eigenvalue weighted by Crippen LogP contribution is 2.46. The number of benzene rings is 1. The lowest BCUT2D eigenvalue weighted by Crippen LogP contribution is -2.64. The number of pyridine rings is 1. The van der Waals surface area contributed by atoms with E-state index in [1.165, 1.54) is 28.8 Å². The lowest BCUT2D eigenvalue weighted by molar-refractivity contribution is -0.153. The average Bonchev–Trinajstić information content (AvgIpc) is 3.04. The molecule has 0 N–H and O–H groups in total. The van der Waals surface area contributed by atoms with E-state index in [2.05, 4.69) is 46.0 Å². The molecular weight excluding hydrogens is 438 g/mol. The van der Waals surface area contributed by atoms with Crippen LogP contribution in [-0.2, 0) is 22.4 Å². The van der Waals surface area contributed by atoms with Crippen LogP contribution in [-0.4, -0.2) is 59.1 Å². The van der Waals surface area contributed by atoms with E-state index < -0.39 is 0 Å². The van der Waals surface area contributed by atoms with E-state index in [1.54, 1.807) is 7.11 Å². The number of fused-ring (bicyclic) bond motifs is 5. The molecule has 4 aliphatic rings. The maximum absolute atomic E-state index is 14.1. The van der Waals surface area contributed by atoms with E-state index in [0.717, 1.165) is 56.5 Å². The van der Waals surface area contributed by atoms with Crippen molar-refractivity contribution >= 4 is 5.91 Å². The van der Waals surface area contributed by atoms with Crippen LogP contribution < -0.4 is 4.74 Å². The lowest BCUT2D eigenvalue weighted by Gasteiger charge is -2.54.